The summed E-state index contributed by atoms with van der Waals surface area (Å²) in [5.41, 5.74) is 0.742. The number of guanidine groups is 1. The Morgan fingerprint density at radius 1 is 1.28 bits per heavy atom. The summed E-state index contributed by atoms with van der Waals surface area (Å²) in [6.07, 6.45) is 3.18. The molecule has 0 spiro atoms. The highest BCUT2D eigenvalue weighted by atomic mass is 127. The summed E-state index contributed by atoms with van der Waals surface area (Å²) in [5.74, 6) is 1.34. The molecule has 2 rings (SSSR count). The normalized spacial score (nSPS) is 18.5. The summed E-state index contributed by atoms with van der Waals surface area (Å²) in [6.45, 7) is 10.1. The molecule has 4 nitrogen and oxygen atoms in total. The second-order valence-corrected chi connectivity index (χ2v) is 6.39. The van der Waals surface area contributed by atoms with Gasteiger partial charge in [-0.2, -0.15) is 0 Å². The van der Waals surface area contributed by atoms with Gasteiger partial charge >= 0.3 is 0 Å². The molecule has 0 radical (unpaired) electrons. The zero-order valence-corrected chi connectivity index (χ0v) is 17.8. The first-order valence-electron chi connectivity index (χ1n) is 9.20. The second-order valence-electron chi connectivity index (χ2n) is 6.39. The fourth-order valence-corrected chi connectivity index (χ4v) is 3.17. The van der Waals surface area contributed by atoms with Gasteiger partial charge in [-0.25, -0.2) is 4.39 Å². The Morgan fingerprint density at radius 2 is 2.08 bits per heavy atom. The van der Waals surface area contributed by atoms with Crippen LogP contribution in [0.1, 0.15) is 32.3 Å². The number of rotatable bonds is 7. The van der Waals surface area contributed by atoms with E-state index in [9.17, 15) is 4.39 Å². The second kappa shape index (κ2) is 12.5. The van der Waals surface area contributed by atoms with Crippen LogP contribution in [-0.2, 0) is 6.42 Å². The van der Waals surface area contributed by atoms with E-state index in [4.69, 9.17) is 4.99 Å². The van der Waals surface area contributed by atoms with E-state index >= 15 is 0 Å². The highest BCUT2D eigenvalue weighted by molar-refractivity contribution is 14.0. The predicted octanol–water partition coefficient (Wildman–Crippen LogP) is 3.27. The molecular weight excluding hydrogens is 430 g/mol. The molecule has 1 saturated heterocycles. The molecular formula is C19H32FIN4. The number of benzene rings is 1. The maximum Gasteiger partial charge on any atom is 0.191 e. The lowest BCUT2D eigenvalue weighted by Gasteiger charge is -2.31. The van der Waals surface area contributed by atoms with Crippen LogP contribution in [0.15, 0.2) is 29.3 Å². The zero-order chi connectivity index (χ0) is 17.2. The summed E-state index contributed by atoms with van der Waals surface area (Å²) >= 11 is 0. The Morgan fingerprint density at radius 3 is 2.80 bits per heavy atom. The standard InChI is InChI=1S/C19H31FN4.HI/c1-3-21-19(22-12-11-17-9-5-6-10-18(17)20)23-14-16-8-7-13-24(4-2)15-16;/h5-6,9-10,16H,3-4,7-8,11-15H2,1-2H3,(H2,21,22,23);1H. The van der Waals surface area contributed by atoms with Gasteiger partial charge in [-0.05, 0) is 56.8 Å². The molecule has 1 atom stereocenters. The third-order valence-corrected chi connectivity index (χ3v) is 4.55. The summed E-state index contributed by atoms with van der Waals surface area (Å²) in [7, 11) is 0. The first-order valence-corrected chi connectivity index (χ1v) is 9.20. The average Bonchev–Trinajstić information content (AvgIpc) is 2.61. The van der Waals surface area contributed by atoms with Gasteiger partial charge in [-0.15, -0.1) is 24.0 Å². The van der Waals surface area contributed by atoms with Crippen molar-refractivity contribution >= 4 is 29.9 Å². The Bertz CT molecular complexity index is 524. The number of piperidine rings is 1. The number of halogens is 2. The maximum absolute atomic E-state index is 13.6. The van der Waals surface area contributed by atoms with Crippen molar-refractivity contribution in [3.63, 3.8) is 0 Å². The molecule has 1 fully saturated rings. The van der Waals surface area contributed by atoms with Gasteiger partial charge in [-0.1, -0.05) is 25.1 Å². The largest absolute Gasteiger partial charge is 0.357 e. The lowest BCUT2D eigenvalue weighted by molar-refractivity contribution is 0.186. The molecule has 6 heteroatoms. The van der Waals surface area contributed by atoms with Crippen LogP contribution in [0.4, 0.5) is 4.39 Å². The van der Waals surface area contributed by atoms with E-state index in [0.717, 1.165) is 37.7 Å². The van der Waals surface area contributed by atoms with Crippen molar-refractivity contribution in [2.75, 3.05) is 39.3 Å². The van der Waals surface area contributed by atoms with E-state index in [2.05, 4.69) is 29.4 Å². The highest BCUT2D eigenvalue weighted by Crippen LogP contribution is 2.16. The monoisotopic (exact) mass is 462 g/mol. The first-order chi connectivity index (χ1) is 11.7. The first kappa shape index (κ1) is 22.2. The van der Waals surface area contributed by atoms with E-state index in [1.807, 2.05) is 12.1 Å². The minimum atomic E-state index is -0.136. The Labute approximate surface area is 168 Å². The molecule has 1 aliphatic rings. The van der Waals surface area contributed by atoms with Crippen LogP contribution in [0.3, 0.4) is 0 Å². The fourth-order valence-electron chi connectivity index (χ4n) is 3.17. The van der Waals surface area contributed by atoms with Crippen molar-refractivity contribution in [1.82, 2.24) is 15.5 Å². The maximum atomic E-state index is 13.6. The van der Waals surface area contributed by atoms with Crippen LogP contribution in [0.5, 0.6) is 0 Å². The van der Waals surface area contributed by atoms with Crippen molar-refractivity contribution in [2.45, 2.75) is 33.1 Å². The zero-order valence-electron chi connectivity index (χ0n) is 15.4. The molecule has 0 aliphatic carbocycles. The van der Waals surface area contributed by atoms with Gasteiger partial charge in [0.2, 0.25) is 0 Å². The Kier molecular flexibility index (Phi) is 11.0. The van der Waals surface area contributed by atoms with Gasteiger partial charge in [0.05, 0.1) is 0 Å². The lowest BCUT2D eigenvalue weighted by atomic mass is 9.98. The third-order valence-electron chi connectivity index (χ3n) is 4.55. The van der Waals surface area contributed by atoms with Crippen LogP contribution in [0.25, 0.3) is 0 Å². The molecule has 0 saturated carbocycles. The predicted molar refractivity (Wildman–Crippen MR) is 114 cm³/mol. The topological polar surface area (TPSA) is 39.7 Å². The van der Waals surface area contributed by atoms with E-state index in [1.165, 1.54) is 25.5 Å². The molecule has 142 valence electrons. The van der Waals surface area contributed by atoms with Gasteiger partial charge in [0.25, 0.3) is 0 Å². The van der Waals surface area contributed by atoms with Crippen LogP contribution in [0, 0.1) is 11.7 Å². The number of hydrogen-bond donors (Lipinski definition) is 2. The Hall–Kier alpha value is -0.890. The van der Waals surface area contributed by atoms with Crippen molar-refractivity contribution in [3.8, 4) is 0 Å². The van der Waals surface area contributed by atoms with Gasteiger partial charge in [0.15, 0.2) is 5.96 Å². The molecule has 1 heterocycles. The van der Waals surface area contributed by atoms with Gasteiger partial charge in [-0.3, -0.25) is 4.99 Å². The SMILES string of the molecule is CCNC(=NCC1CCCN(CC)C1)NCCc1ccccc1F.I. The molecule has 1 unspecified atom stereocenters. The van der Waals surface area contributed by atoms with E-state index in [1.54, 1.807) is 6.07 Å². The number of likely N-dealkylation sites (tertiary alicyclic amines) is 1. The summed E-state index contributed by atoms with van der Waals surface area (Å²) in [4.78, 5) is 7.24. The number of nitrogens with zero attached hydrogens (tertiary/aromatic N) is 2. The smallest absolute Gasteiger partial charge is 0.191 e. The lowest BCUT2D eigenvalue weighted by Crippen LogP contribution is -2.40. The molecule has 0 amide bonds. The van der Waals surface area contributed by atoms with Crippen molar-refractivity contribution in [1.29, 1.82) is 0 Å². The minimum Gasteiger partial charge on any atom is -0.357 e. The molecule has 0 bridgehead atoms. The van der Waals surface area contributed by atoms with Gasteiger partial charge in [0, 0.05) is 26.2 Å². The summed E-state index contributed by atoms with van der Waals surface area (Å²) < 4.78 is 13.6. The summed E-state index contributed by atoms with van der Waals surface area (Å²) in [6, 6.07) is 6.95. The molecule has 1 aromatic rings. The van der Waals surface area contributed by atoms with Crippen molar-refractivity contribution < 1.29 is 4.39 Å². The molecule has 1 aromatic carbocycles. The Balaban J connectivity index is 0.00000312. The van der Waals surface area contributed by atoms with Gasteiger partial charge < -0.3 is 15.5 Å². The van der Waals surface area contributed by atoms with E-state index in [0.29, 0.717) is 18.9 Å². The number of nitrogens with one attached hydrogen (secondary N) is 2. The van der Waals surface area contributed by atoms with Crippen LogP contribution >= 0.6 is 24.0 Å². The van der Waals surface area contributed by atoms with Gasteiger partial charge in [0.1, 0.15) is 5.82 Å². The fraction of sp³-hybridized carbons (Fsp3) is 0.632. The molecule has 25 heavy (non-hydrogen) atoms. The van der Waals surface area contributed by atoms with Crippen LogP contribution < -0.4 is 10.6 Å². The average molecular weight is 462 g/mol. The highest BCUT2D eigenvalue weighted by Gasteiger charge is 2.18. The minimum absolute atomic E-state index is 0. The number of hydrogen-bond acceptors (Lipinski definition) is 2. The number of aliphatic imine (C=N–C) groups is 1. The molecule has 2 N–H and O–H groups in total. The van der Waals surface area contributed by atoms with E-state index in [-0.39, 0.29) is 29.8 Å². The summed E-state index contributed by atoms with van der Waals surface area (Å²) in [5, 5.41) is 6.60. The van der Waals surface area contributed by atoms with Crippen LogP contribution in [0.2, 0.25) is 0 Å². The van der Waals surface area contributed by atoms with Crippen LogP contribution in [-0.4, -0.2) is 50.1 Å². The van der Waals surface area contributed by atoms with Crippen molar-refractivity contribution in [2.24, 2.45) is 10.9 Å². The molecule has 1 aliphatic heterocycles. The van der Waals surface area contributed by atoms with E-state index < -0.39 is 0 Å². The quantitative estimate of drug-likeness (QED) is 0.371. The third kappa shape index (κ3) is 7.90. The van der Waals surface area contributed by atoms with Crippen molar-refractivity contribution in [3.05, 3.63) is 35.6 Å². The molecule has 0 aromatic heterocycles.